The number of nitrogens with zero attached hydrogens (tertiary/aromatic N) is 2. The minimum atomic E-state index is -0.450. The lowest BCUT2D eigenvalue weighted by Gasteiger charge is -2.39. The van der Waals surface area contributed by atoms with Crippen molar-refractivity contribution >= 4 is 29.3 Å². The van der Waals surface area contributed by atoms with Crippen LogP contribution in [0, 0.1) is 0 Å². The van der Waals surface area contributed by atoms with Gasteiger partial charge in [-0.15, -0.1) is 11.8 Å². The molecule has 3 heterocycles. The van der Waals surface area contributed by atoms with Crippen LogP contribution in [0.5, 0.6) is 0 Å². The smallest absolute Gasteiger partial charge is 0.237 e. The molecule has 0 saturated carbocycles. The summed E-state index contributed by atoms with van der Waals surface area (Å²) in [7, 11) is 1.86. The van der Waals surface area contributed by atoms with E-state index in [1.807, 2.05) is 42.3 Å². The summed E-state index contributed by atoms with van der Waals surface area (Å²) in [5.74, 6) is 0.400. The van der Waals surface area contributed by atoms with Gasteiger partial charge in [0, 0.05) is 30.7 Å². The lowest BCUT2D eigenvalue weighted by atomic mass is 9.73. The van der Waals surface area contributed by atoms with Gasteiger partial charge in [-0.3, -0.25) is 9.59 Å². The molecule has 138 valence electrons. The number of hydrogen-bond donors (Lipinski definition) is 0. The number of likely N-dealkylation sites (tertiary alicyclic amines) is 1. The monoisotopic (exact) mass is 378 g/mol. The number of fused-ring (bicyclic) bond motifs is 3. The fourth-order valence-electron chi connectivity index (χ4n) is 4.83. The van der Waals surface area contributed by atoms with Gasteiger partial charge in [0.25, 0.3) is 0 Å². The van der Waals surface area contributed by atoms with E-state index in [1.54, 1.807) is 16.7 Å². The van der Waals surface area contributed by atoms with Gasteiger partial charge in [0.1, 0.15) is 0 Å². The predicted octanol–water partition coefficient (Wildman–Crippen LogP) is 3.24. The van der Waals surface area contributed by atoms with Crippen LogP contribution < -0.4 is 4.90 Å². The average molecular weight is 378 g/mol. The number of piperidine rings is 1. The van der Waals surface area contributed by atoms with E-state index in [0.717, 1.165) is 17.7 Å². The van der Waals surface area contributed by atoms with E-state index in [4.69, 9.17) is 0 Å². The van der Waals surface area contributed by atoms with Crippen LogP contribution in [-0.4, -0.2) is 42.1 Å². The zero-order valence-electron chi connectivity index (χ0n) is 15.4. The summed E-state index contributed by atoms with van der Waals surface area (Å²) in [5, 5.41) is -0.0225. The second-order valence-corrected chi connectivity index (χ2v) is 8.95. The van der Waals surface area contributed by atoms with Gasteiger partial charge < -0.3 is 9.80 Å². The molecule has 0 unspecified atom stereocenters. The predicted molar refractivity (Wildman–Crippen MR) is 107 cm³/mol. The number of para-hydroxylation sites is 1. The number of anilines is 1. The first-order chi connectivity index (χ1) is 13.1. The number of thioether (sulfide) groups is 1. The van der Waals surface area contributed by atoms with Crippen molar-refractivity contribution in [3.8, 4) is 0 Å². The van der Waals surface area contributed by atoms with Gasteiger partial charge >= 0.3 is 0 Å². The van der Waals surface area contributed by atoms with Crippen molar-refractivity contribution in [2.75, 3.05) is 25.0 Å². The molecule has 1 fully saturated rings. The van der Waals surface area contributed by atoms with Crippen LogP contribution in [0.15, 0.2) is 53.4 Å². The maximum absolute atomic E-state index is 13.1. The van der Waals surface area contributed by atoms with Crippen LogP contribution >= 0.6 is 11.8 Å². The highest BCUT2D eigenvalue weighted by Gasteiger charge is 2.51. The molecule has 5 rings (SSSR count). The molecular formula is C22H22N2O2S. The molecule has 2 aromatic carbocycles. The number of carbonyl (C=O) groups is 2. The Morgan fingerprint density at radius 2 is 1.78 bits per heavy atom. The molecule has 1 saturated heterocycles. The molecule has 1 atom stereocenters. The van der Waals surface area contributed by atoms with E-state index in [9.17, 15) is 9.59 Å². The van der Waals surface area contributed by atoms with Gasteiger partial charge in [0.05, 0.1) is 10.7 Å². The second kappa shape index (κ2) is 6.13. The fraction of sp³-hybridized carbons (Fsp3) is 0.364. The van der Waals surface area contributed by atoms with Crippen LogP contribution in [0.25, 0.3) is 0 Å². The van der Waals surface area contributed by atoms with Gasteiger partial charge in [-0.2, -0.15) is 0 Å². The zero-order chi connectivity index (χ0) is 18.6. The third kappa shape index (κ3) is 2.44. The molecule has 3 aliphatic rings. The molecule has 27 heavy (non-hydrogen) atoms. The van der Waals surface area contributed by atoms with E-state index >= 15 is 0 Å². The minimum Gasteiger partial charge on any atom is -0.342 e. The third-order valence-corrected chi connectivity index (χ3v) is 7.65. The van der Waals surface area contributed by atoms with Crippen molar-refractivity contribution in [3.63, 3.8) is 0 Å². The van der Waals surface area contributed by atoms with E-state index in [0.29, 0.717) is 25.9 Å². The molecule has 2 amide bonds. The SMILES string of the molecule is CN1C(=O)C2(CCN(C(=O)[C@@H]3Cc4ccccc4S3)CC2)c2ccccc21. The Balaban J connectivity index is 1.33. The quantitative estimate of drug-likeness (QED) is 0.765. The van der Waals surface area contributed by atoms with Crippen molar-refractivity contribution in [1.82, 2.24) is 4.90 Å². The summed E-state index contributed by atoms with van der Waals surface area (Å²) < 4.78 is 0. The van der Waals surface area contributed by atoms with Crippen molar-refractivity contribution < 1.29 is 9.59 Å². The number of likely N-dealkylation sites (N-methyl/N-ethyl adjacent to an activating group) is 1. The number of rotatable bonds is 1. The molecule has 3 aliphatic heterocycles. The molecule has 5 heteroatoms. The third-order valence-electron chi connectivity index (χ3n) is 6.35. The average Bonchev–Trinajstić information content (AvgIpc) is 3.23. The van der Waals surface area contributed by atoms with Crippen molar-refractivity contribution in [2.24, 2.45) is 0 Å². The fourth-order valence-corrected chi connectivity index (χ4v) is 6.11. The summed E-state index contributed by atoms with van der Waals surface area (Å²) in [4.78, 5) is 31.1. The van der Waals surface area contributed by atoms with Crippen LogP contribution in [0.4, 0.5) is 5.69 Å². The van der Waals surface area contributed by atoms with Gasteiger partial charge in [-0.25, -0.2) is 0 Å². The van der Waals surface area contributed by atoms with Crippen molar-refractivity contribution in [1.29, 1.82) is 0 Å². The highest BCUT2D eigenvalue weighted by Crippen LogP contribution is 2.47. The van der Waals surface area contributed by atoms with Crippen LogP contribution in [0.3, 0.4) is 0 Å². The Labute approximate surface area is 163 Å². The highest BCUT2D eigenvalue weighted by atomic mass is 32.2. The summed E-state index contributed by atoms with van der Waals surface area (Å²) in [6.45, 7) is 1.31. The van der Waals surface area contributed by atoms with Crippen LogP contribution in [-0.2, 0) is 21.4 Å². The first kappa shape index (κ1) is 16.9. The Morgan fingerprint density at radius 3 is 2.56 bits per heavy atom. The van der Waals surface area contributed by atoms with E-state index in [1.165, 1.54) is 10.5 Å². The Hall–Kier alpha value is -2.27. The van der Waals surface area contributed by atoms with Gasteiger partial charge in [0.2, 0.25) is 11.8 Å². The molecule has 2 aromatic rings. The van der Waals surface area contributed by atoms with Gasteiger partial charge in [0.15, 0.2) is 0 Å². The second-order valence-electron chi connectivity index (χ2n) is 7.71. The molecular weight excluding hydrogens is 356 g/mol. The first-order valence-corrected chi connectivity index (χ1v) is 10.4. The molecule has 0 radical (unpaired) electrons. The molecule has 0 aliphatic carbocycles. The van der Waals surface area contributed by atoms with E-state index < -0.39 is 5.41 Å². The number of hydrogen-bond acceptors (Lipinski definition) is 3. The van der Waals surface area contributed by atoms with Gasteiger partial charge in [-0.1, -0.05) is 36.4 Å². The molecule has 0 aromatic heterocycles. The highest BCUT2D eigenvalue weighted by molar-refractivity contribution is 8.01. The van der Waals surface area contributed by atoms with Gasteiger partial charge in [-0.05, 0) is 42.5 Å². The Morgan fingerprint density at radius 1 is 1.07 bits per heavy atom. The summed E-state index contributed by atoms with van der Waals surface area (Å²) >= 11 is 1.68. The molecule has 0 N–H and O–H groups in total. The summed E-state index contributed by atoms with van der Waals surface area (Å²) in [5.41, 5.74) is 2.97. The number of amides is 2. The molecule has 0 bridgehead atoms. The first-order valence-electron chi connectivity index (χ1n) is 9.51. The normalized spacial score (nSPS) is 22.9. The van der Waals surface area contributed by atoms with E-state index in [-0.39, 0.29) is 17.1 Å². The Kier molecular flexibility index (Phi) is 3.83. The summed E-state index contributed by atoms with van der Waals surface area (Å²) in [6.07, 6.45) is 2.23. The molecule has 4 nitrogen and oxygen atoms in total. The number of carbonyl (C=O) groups excluding carboxylic acids is 2. The van der Waals surface area contributed by atoms with Crippen LogP contribution in [0.1, 0.15) is 24.0 Å². The zero-order valence-corrected chi connectivity index (χ0v) is 16.2. The van der Waals surface area contributed by atoms with Crippen molar-refractivity contribution in [3.05, 3.63) is 59.7 Å². The van der Waals surface area contributed by atoms with Crippen molar-refractivity contribution in [2.45, 2.75) is 34.8 Å². The number of benzene rings is 2. The lowest BCUT2D eigenvalue weighted by molar-refractivity contribution is -0.135. The topological polar surface area (TPSA) is 40.6 Å². The largest absolute Gasteiger partial charge is 0.342 e. The molecule has 1 spiro atoms. The maximum Gasteiger partial charge on any atom is 0.237 e. The summed E-state index contributed by atoms with van der Waals surface area (Å²) in [6, 6.07) is 16.4. The Bertz CT molecular complexity index is 908. The minimum absolute atomic E-state index is 0.0225. The maximum atomic E-state index is 13.1. The standard InChI is InChI=1S/C22H22N2O2S/c1-23-17-8-4-3-7-16(17)22(21(23)26)10-12-24(13-11-22)20(25)19-14-15-6-2-5-9-18(15)27-19/h2-9,19H,10-14H2,1H3/t19-/m0/s1. The van der Waals surface area contributed by atoms with Crippen LogP contribution in [0.2, 0.25) is 0 Å². The lowest BCUT2D eigenvalue weighted by Crippen LogP contribution is -2.51. The van der Waals surface area contributed by atoms with E-state index in [2.05, 4.69) is 18.2 Å².